The van der Waals surface area contributed by atoms with Gasteiger partial charge in [0.2, 0.25) is 5.91 Å². The van der Waals surface area contributed by atoms with Gasteiger partial charge in [-0.15, -0.1) is 0 Å². The van der Waals surface area contributed by atoms with Crippen LogP contribution in [0.15, 0.2) is 22.7 Å². The zero-order chi connectivity index (χ0) is 13.6. The number of amides is 3. The standard InChI is InChI=1S/C12H11BrN4O2/c1-16-9-3-2-7(13)6-8(9)11(15-16)17-5-4-10(18)14-12(17)19/h2-3,6H,4-5H2,1H3,(H,14,18,19). The van der Waals surface area contributed by atoms with Crippen LogP contribution in [0.4, 0.5) is 10.6 Å². The Balaban J connectivity index is 2.12. The molecule has 0 spiro atoms. The van der Waals surface area contributed by atoms with Gasteiger partial charge in [-0.25, -0.2) is 4.79 Å². The lowest BCUT2D eigenvalue weighted by Gasteiger charge is -2.24. The van der Waals surface area contributed by atoms with Gasteiger partial charge in [0.15, 0.2) is 5.82 Å². The van der Waals surface area contributed by atoms with Crippen LogP contribution in [0.25, 0.3) is 10.9 Å². The molecule has 1 aromatic heterocycles. The molecular weight excluding hydrogens is 312 g/mol. The van der Waals surface area contributed by atoms with Gasteiger partial charge in [-0.1, -0.05) is 15.9 Å². The van der Waals surface area contributed by atoms with Gasteiger partial charge in [0.1, 0.15) is 0 Å². The van der Waals surface area contributed by atoms with E-state index >= 15 is 0 Å². The Morgan fingerprint density at radius 3 is 2.89 bits per heavy atom. The number of aromatic nitrogens is 2. The summed E-state index contributed by atoms with van der Waals surface area (Å²) in [6.07, 6.45) is 0.289. The summed E-state index contributed by atoms with van der Waals surface area (Å²) in [5.74, 6) is 0.325. The van der Waals surface area contributed by atoms with Gasteiger partial charge in [0, 0.05) is 29.9 Å². The zero-order valence-corrected chi connectivity index (χ0v) is 11.8. The van der Waals surface area contributed by atoms with Gasteiger partial charge < -0.3 is 0 Å². The summed E-state index contributed by atoms with van der Waals surface area (Å²) in [6.45, 7) is 0.350. The number of aryl methyl sites for hydroxylation is 1. The molecule has 6 nitrogen and oxygen atoms in total. The minimum atomic E-state index is -0.420. The summed E-state index contributed by atoms with van der Waals surface area (Å²) in [5.41, 5.74) is 0.933. The number of nitrogens with one attached hydrogen (secondary N) is 1. The summed E-state index contributed by atoms with van der Waals surface area (Å²) < 4.78 is 2.64. The Bertz CT molecular complexity index is 694. The zero-order valence-electron chi connectivity index (χ0n) is 10.2. The number of anilines is 1. The maximum atomic E-state index is 11.9. The van der Waals surface area contributed by atoms with Crippen molar-refractivity contribution in [2.75, 3.05) is 11.4 Å². The SMILES string of the molecule is Cn1nc(N2CCC(=O)NC2=O)c2cc(Br)ccc21. The van der Waals surface area contributed by atoms with Crippen molar-refractivity contribution >= 4 is 44.6 Å². The Labute approximate surface area is 117 Å². The lowest BCUT2D eigenvalue weighted by Crippen LogP contribution is -2.49. The molecule has 98 valence electrons. The van der Waals surface area contributed by atoms with E-state index in [9.17, 15) is 9.59 Å². The Morgan fingerprint density at radius 2 is 2.16 bits per heavy atom. The van der Waals surface area contributed by atoms with Crippen LogP contribution in [-0.2, 0) is 11.8 Å². The molecule has 2 heterocycles. The third-order valence-electron chi connectivity index (χ3n) is 3.10. The van der Waals surface area contributed by atoms with Gasteiger partial charge in [-0.05, 0) is 18.2 Å². The smallest absolute Gasteiger partial charge is 0.278 e. The van der Waals surface area contributed by atoms with E-state index in [0.29, 0.717) is 12.4 Å². The van der Waals surface area contributed by atoms with E-state index in [1.54, 1.807) is 4.68 Å². The number of urea groups is 1. The maximum Gasteiger partial charge on any atom is 0.329 e. The molecule has 1 aliphatic heterocycles. The van der Waals surface area contributed by atoms with E-state index in [1.807, 2.05) is 25.2 Å². The van der Waals surface area contributed by atoms with E-state index in [1.165, 1.54) is 4.90 Å². The first-order chi connectivity index (χ1) is 9.06. The number of carbonyl (C=O) groups is 2. The number of hydrogen-bond donors (Lipinski definition) is 1. The van der Waals surface area contributed by atoms with Crippen LogP contribution >= 0.6 is 15.9 Å². The van der Waals surface area contributed by atoms with Crippen LogP contribution in [0.3, 0.4) is 0 Å². The van der Waals surface area contributed by atoms with E-state index in [-0.39, 0.29) is 12.3 Å². The summed E-state index contributed by atoms with van der Waals surface area (Å²) in [5, 5.41) is 7.56. The number of rotatable bonds is 1. The van der Waals surface area contributed by atoms with Crippen molar-refractivity contribution in [3.8, 4) is 0 Å². The molecule has 3 rings (SSSR count). The highest BCUT2D eigenvalue weighted by molar-refractivity contribution is 9.10. The molecule has 1 aromatic carbocycles. The molecule has 2 aromatic rings. The topological polar surface area (TPSA) is 67.2 Å². The van der Waals surface area contributed by atoms with Crippen molar-refractivity contribution in [2.45, 2.75) is 6.42 Å². The Morgan fingerprint density at radius 1 is 1.37 bits per heavy atom. The average Bonchev–Trinajstić information content (AvgIpc) is 2.66. The number of benzene rings is 1. The van der Waals surface area contributed by atoms with Gasteiger partial charge in [-0.3, -0.25) is 19.7 Å². The van der Waals surface area contributed by atoms with Crippen LogP contribution in [0.1, 0.15) is 6.42 Å². The number of fused-ring (bicyclic) bond motifs is 1. The third kappa shape index (κ3) is 1.99. The monoisotopic (exact) mass is 322 g/mol. The summed E-state index contributed by atoms with van der Waals surface area (Å²) in [6, 6.07) is 5.36. The van der Waals surface area contributed by atoms with Crippen molar-refractivity contribution in [1.82, 2.24) is 15.1 Å². The van der Waals surface area contributed by atoms with Crippen molar-refractivity contribution in [3.63, 3.8) is 0 Å². The second-order valence-corrected chi connectivity index (χ2v) is 5.28. The third-order valence-corrected chi connectivity index (χ3v) is 3.60. The molecule has 7 heteroatoms. The molecule has 19 heavy (non-hydrogen) atoms. The number of halogens is 1. The Hall–Kier alpha value is -1.89. The van der Waals surface area contributed by atoms with Crippen molar-refractivity contribution in [2.24, 2.45) is 7.05 Å². The normalized spacial score (nSPS) is 16.0. The summed E-state index contributed by atoms with van der Waals surface area (Å²) in [4.78, 5) is 24.6. The van der Waals surface area contributed by atoms with E-state index in [2.05, 4.69) is 26.3 Å². The molecule has 1 fully saturated rings. The molecule has 0 bridgehead atoms. The fourth-order valence-corrected chi connectivity index (χ4v) is 2.55. The molecule has 3 amide bonds. The lowest BCUT2D eigenvalue weighted by molar-refractivity contribution is -0.120. The first kappa shape index (κ1) is 12.2. The molecule has 1 aliphatic rings. The highest BCUT2D eigenvalue weighted by Crippen LogP contribution is 2.29. The fourth-order valence-electron chi connectivity index (χ4n) is 2.18. The van der Waals surface area contributed by atoms with Gasteiger partial charge in [-0.2, -0.15) is 5.10 Å². The van der Waals surface area contributed by atoms with Crippen molar-refractivity contribution in [1.29, 1.82) is 0 Å². The predicted molar refractivity (Wildman–Crippen MR) is 73.9 cm³/mol. The molecular formula is C12H11BrN4O2. The van der Waals surface area contributed by atoms with Gasteiger partial charge in [0.05, 0.1) is 5.52 Å². The summed E-state index contributed by atoms with van der Waals surface area (Å²) >= 11 is 3.41. The number of hydrogen-bond acceptors (Lipinski definition) is 3. The quantitative estimate of drug-likeness (QED) is 0.870. The molecule has 0 aliphatic carbocycles. The predicted octanol–water partition coefficient (Wildman–Crippen LogP) is 1.78. The number of carbonyl (C=O) groups excluding carboxylic acids is 2. The largest absolute Gasteiger partial charge is 0.329 e. The van der Waals surface area contributed by atoms with Crippen molar-refractivity contribution < 1.29 is 9.59 Å². The van der Waals surface area contributed by atoms with Gasteiger partial charge in [0.25, 0.3) is 0 Å². The first-order valence-electron chi connectivity index (χ1n) is 5.80. The highest BCUT2D eigenvalue weighted by atomic mass is 79.9. The molecule has 1 saturated heterocycles. The molecule has 0 atom stereocenters. The van der Waals surface area contributed by atoms with Crippen LogP contribution in [0.5, 0.6) is 0 Å². The average molecular weight is 323 g/mol. The molecule has 0 unspecified atom stereocenters. The summed E-state index contributed by atoms with van der Waals surface area (Å²) in [7, 11) is 1.83. The van der Waals surface area contributed by atoms with Crippen LogP contribution < -0.4 is 10.2 Å². The van der Waals surface area contributed by atoms with Crippen LogP contribution in [-0.4, -0.2) is 28.3 Å². The van der Waals surface area contributed by atoms with Crippen LogP contribution in [0, 0.1) is 0 Å². The fraction of sp³-hybridized carbons (Fsp3) is 0.250. The molecule has 0 saturated carbocycles. The first-order valence-corrected chi connectivity index (χ1v) is 6.59. The lowest BCUT2D eigenvalue weighted by atomic mass is 10.2. The molecule has 1 N–H and O–H groups in total. The number of nitrogens with zero attached hydrogens (tertiary/aromatic N) is 3. The van der Waals surface area contributed by atoms with E-state index < -0.39 is 6.03 Å². The second kappa shape index (κ2) is 4.34. The van der Waals surface area contributed by atoms with E-state index in [4.69, 9.17) is 0 Å². The minimum absolute atomic E-state index is 0.248. The Kier molecular flexibility index (Phi) is 2.78. The second-order valence-electron chi connectivity index (χ2n) is 4.36. The minimum Gasteiger partial charge on any atom is -0.278 e. The van der Waals surface area contributed by atoms with E-state index in [0.717, 1.165) is 15.4 Å². The molecule has 0 radical (unpaired) electrons. The highest BCUT2D eigenvalue weighted by Gasteiger charge is 2.27. The van der Waals surface area contributed by atoms with Crippen LogP contribution in [0.2, 0.25) is 0 Å². The van der Waals surface area contributed by atoms with Gasteiger partial charge >= 0.3 is 6.03 Å². The maximum absolute atomic E-state index is 11.9. The number of imide groups is 1. The van der Waals surface area contributed by atoms with Crippen molar-refractivity contribution in [3.05, 3.63) is 22.7 Å².